The fourth-order valence-corrected chi connectivity index (χ4v) is 3.22. The Bertz CT molecular complexity index is 1020. The Kier molecular flexibility index (Phi) is 3.55. The molecule has 0 spiro atoms. The van der Waals surface area contributed by atoms with Crippen molar-refractivity contribution < 1.29 is 4.79 Å². The van der Waals surface area contributed by atoms with Crippen molar-refractivity contribution in [2.45, 2.75) is 6.42 Å². The fourth-order valence-electron chi connectivity index (χ4n) is 2.67. The molecule has 0 unspecified atom stereocenters. The summed E-state index contributed by atoms with van der Waals surface area (Å²) < 4.78 is 2.01. The lowest BCUT2D eigenvalue weighted by molar-refractivity contribution is -0.117. The van der Waals surface area contributed by atoms with Crippen LogP contribution in [-0.2, 0) is 11.2 Å². The number of aromatic nitrogens is 4. The van der Waals surface area contributed by atoms with E-state index in [-0.39, 0.29) is 12.3 Å². The van der Waals surface area contributed by atoms with Gasteiger partial charge in [-0.25, -0.2) is 4.98 Å². The van der Waals surface area contributed by atoms with Crippen LogP contribution in [-0.4, -0.2) is 25.5 Å². The van der Waals surface area contributed by atoms with Gasteiger partial charge in [-0.3, -0.25) is 9.20 Å². The Balaban J connectivity index is 1.77. The SMILES string of the molecule is NC(=O)Cc1cccc(-c2cnc3cc(-c4nncs4)ccn23)c1. The summed E-state index contributed by atoms with van der Waals surface area (Å²) in [6.07, 6.45) is 4.02. The van der Waals surface area contributed by atoms with Gasteiger partial charge < -0.3 is 5.73 Å². The number of benzene rings is 1. The number of nitrogens with two attached hydrogens (primary N) is 1. The van der Waals surface area contributed by atoms with E-state index in [9.17, 15) is 4.79 Å². The Hall–Kier alpha value is -3.06. The minimum absolute atomic E-state index is 0.228. The maximum Gasteiger partial charge on any atom is 0.221 e. The molecule has 0 aliphatic heterocycles. The number of primary amides is 1. The molecule has 0 fully saturated rings. The summed E-state index contributed by atoms with van der Waals surface area (Å²) in [6, 6.07) is 11.7. The summed E-state index contributed by atoms with van der Waals surface area (Å²) in [6.45, 7) is 0. The Labute approximate surface area is 141 Å². The van der Waals surface area contributed by atoms with E-state index < -0.39 is 0 Å². The molecular formula is C17H13N5OS. The molecule has 6 nitrogen and oxygen atoms in total. The van der Waals surface area contributed by atoms with E-state index in [4.69, 9.17) is 5.73 Å². The van der Waals surface area contributed by atoms with Crippen LogP contribution in [0.4, 0.5) is 0 Å². The van der Waals surface area contributed by atoms with Gasteiger partial charge in [0.2, 0.25) is 5.91 Å². The highest BCUT2D eigenvalue weighted by molar-refractivity contribution is 7.12. The van der Waals surface area contributed by atoms with E-state index in [0.29, 0.717) is 0 Å². The number of imidazole rings is 1. The lowest BCUT2D eigenvalue weighted by Crippen LogP contribution is -2.13. The maximum atomic E-state index is 11.1. The largest absolute Gasteiger partial charge is 0.369 e. The van der Waals surface area contributed by atoms with Crippen molar-refractivity contribution in [3.8, 4) is 21.8 Å². The maximum absolute atomic E-state index is 11.1. The number of fused-ring (bicyclic) bond motifs is 1. The molecule has 1 aromatic carbocycles. The van der Waals surface area contributed by atoms with Crippen LogP contribution in [0.3, 0.4) is 0 Å². The molecule has 4 aromatic rings. The molecule has 0 saturated heterocycles. The monoisotopic (exact) mass is 335 g/mol. The third kappa shape index (κ3) is 2.65. The van der Waals surface area contributed by atoms with E-state index in [0.717, 1.165) is 33.0 Å². The van der Waals surface area contributed by atoms with Gasteiger partial charge in [-0.1, -0.05) is 29.5 Å². The van der Waals surface area contributed by atoms with Crippen LogP contribution in [0.1, 0.15) is 5.56 Å². The average molecular weight is 335 g/mol. The molecule has 118 valence electrons. The summed E-state index contributed by atoms with van der Waals surface area (Å²) in [7, 11) is 0. The summed E-state index contributed by atoms with van der Waals surface area (Å²) in [4.78, 5) is 15.6. The van der Waals surface area contributed by atoms with Crippen LogP contribution >= 0.6 is 11.3 Å². The third-order valence-corrected chi connectivity index (χ3v) is 4.46. The van der Waals surface area contributed by atoms with Crippen LogP contribution < -0.4 is 5.73 Å². The fraction of sp³-hybridized carbons (Fsp3) is 0.0588. The second-order valence-electron chi connectivity index (χ2n) is 5.37. The molecule has 2 N–H and O–H groups in total. The van der Waals surface area contributed by atoms with Gasteiger partial charge in [0.1, 0.15) is 16.2 Å². The molecule has 7 heteroatoms. The zero-order valence-electron chi connectivity index (χ0n) is 12.6. The molecule has 3 heterocycles. The predicted molar refractivity (Wildman–Crippen MR) is 92.4 cm³/mol. The molecule has 0 radical (unpaired) electrons. The van der Waals surface area contributed by atoms with Gasteiger partial charge in [0.05, 0.1) is 18.3 Å². The first-order valence-corrected chi connectivity index (χ1v) is 8.20. The molecule has 1 amide bonds. The highest BCUT2D eigenvalue weighted by Gasteiger charge is 2.09. The first kappa shape index (κ1) is 14.5. The van der Waals surface area contributed by atoms with Crippen LogP contribution in [0, 0.1) is 0 Å². The number of pyridine rings is 1. The smallest absolute Gasteiger partial charge is 0.221 e. The van der Waals surface area contributed by atoms with Crippen LogP contribution in [0.15, 0.2) is 54.3 Å². The van der Waals surface area contributed by atoms with Gasteiger partial charge in [-0.15, -0.1) is 10.2 Å². The number of hydrogen-bond donors (Lipinski definition) is 1. The minimum atomic E-state index is -0.341. The van der Waals surface area contributed by atoms with Crippen molar-refractivity contribution in [3.63, 3.8) is 0 Å². The number of amides is 1. The van der Waals surface area contributed by atoms with Gasteiger partial charge in [-0.2, -0.15) is 0 Å². The van der Waals surface area contributed by atoms with Crippen LogP contribution in [0.2, 0.25) is 0 Å². The Morgan fingerprint density at radius 2 is 2.12 bits per heavy atom. The molecule has 0 aliphatic carbocycles. The van der Waals surface area contributed by atoms with Crippen molar-refractivity contribution in [2.75, 3.05) is 0 Å². The number of nitrogens with zero attached hydrogens (tertiary/aromatic N) is 4. The summed E-state index contributed by atoms with van der Waals surface area (Å²) >= 11 is 1.49. The van der Waals surface area contributed by atoms with Crippen molar-refractivity contribution in [2.24, 2.45) is 5.73 Å². The number of carbonyl (C=O) groups is 1. The lowest BCUT2D eigenvalue weighted by atomic mass is 10.1. The number of rotatable bonds is 4. The van der Waals surface area contributed by atoms with Crippen molar-refractivity contribution in [1.82, 2.24) is 19.6 Å². The molecule has 0 bridgehead atoms. The molecule has 0 saturated carbocycles. The number of carbonyl (C=O) groups excluding carboxylic acids is 1. The first-order chi connectivity index (χ1) is 11.7. The van der Waals surface area contributed by atoms with E-state index in [1.54, 1.807) is 5.51 Å². The van der Waals surface area contributed by atoms with E-state index >= 15 is 0 Å². The summed E-state index contributed by atoms with van der Waals surface area (Å²) in [5.41, 5.74) is 11.6. The first-order valence-electron chi connectivity index (χ1n) is 7.32. The standard InChI is InChI=1S/C17H13N5OS/c18-15(23)7-11-2-1-3-12(6-11)14-9-19-16-8-13(4-5-22(14)16)17-21-20-10-24-17/h1-6,8-10H,7H2,(H2,18,23). The third-order valence-electron chi connectivity index (χ3n) is 3.72. The topological polar surface area (TPSA) is 86.2 Å². The van der Waals surface area contributed by atoms with E-state index in [1.165, 1.54) is 11.3 Å². The highest BCUT2D eigenvalue weighted by atomic mass is 32.1. The Morgan fingerprint density at radius 1 is 1.21 bits per heavy atom. The van der Waals surface area contributed by atoms with E-state index in [1.807, 2.05) is 53.2 Å². The van der Waals surface area contributed by atoms with Gasteiger partial charge in [-0.05, 0) is 23.8 Å². The normalized spacial score (nSPS) is 11.0. The van der Waals surface area contributed by atoms with Crippen LogP contribution in [0.5, 0.6) is 0 Å². The molecular weight excluding hydrogens is 322 g/mol. The lowest BCUT2D eigenvalue weighted by Gasteiger charge is -2.05. The van der Waals surface area contributed by atoms with Crippen molar-refractivity contribution >= 4 is 22.9 Å². The summed E-state index contributed by atoms with van der Waals surface area (Å²) in [5.74, 6) is -0.341. The quantitative estimate of drug-likeness (QED) is 0.621. The molecule has 4 rings (SSSR count). The predicted octanol–water partition coefficient (Wildman–Crippen LogP) is 2.55. The van der Waals surface area contributed by atoms with Gasteiger partial charge >= 0.3 is 0 Å². The minimum Gasteiger partial charge on any atom is -0.369 e. The zero-order chi connectivity index (χ0) is 16.5. The molecule has 0 atom stereocenters. The molecule has 24 heavy (non-hydrogen) atoms. The van der Waals surface area contributed by atoms with E-state index in [2.05, 4.69) is 15.2 Å². The van der Waals surface area contributed by atoms with Crippen LogP contribution in [0.25, 0.3) is 27.5 Å². The zero-order valence-corrected chi connectivity index (χ0v) is 13.4. The van der Waals surface area contributed by atoms with Crippen molar-refractivity contribution in [1.29, 1.82) is 0 Å². The van der Waals surface area contributed by atoms with Gasteiger partial charge in [0.15, 0.2) is 0 Å². The average Bonchev–Trinajstić information content (AvgIpc) is 3.23. The van der Waals surface area contributed by atoms with Crippen molar-refractivity contribution in [3.05, 3.63) is 59.9 Å². The second kappa shape index (κ2) is 5.86. The number of hydrogen-bond acceptors (Lipinski definition) is 5. The second-order valence-corrected chi connectivity index (χ2v) is 6.21. The summed E-state index contributed by atoms with van der Waals surface area (Å²) in [5, 5.41) is 8.82. The molecule has 0 aliphatic rings. The Morgan fingerprint density at radius 3 is 2.92 bits per heavy atom. The van der Waals surface area contributed by atoms with Gasteiger partial charge in [0, 0.05) is 17.3 Å². The van der Waals surface area contributed by atoms with Gasteiger partial charge in [0.25, 0.3) is 0 Å². The highest BCUT2D eigenvalue weighted by Crippen LogP contribution is 2.26. The molecule has 3 aromatic heterocycles.